The summed E-state index contributed by atoms with van der Waals surface area (Å²) in [5, 5.41) is 16.3. The Hall–Kier alpha value is -5.52. The van der Waals surface area contributed by atoms with Crippen LogP contribution < -0.4 is 0 Å². The number of rotatable bonds is 4. The van der Waals surface area contributed by atoms with Crippen LogP contribution in [0.25, 0.3) is 76.1 Å². The van der Waals surface area contributed by atoms with E-state index in [4.69, 9.17) is 10.2 Å². The first-order valence-corrected chi connectivity index (χ1v) is 15.2. The Morgan fingerprint density at radius 3 is 1.65 bits per heavy atom. The van der Waals surface area contributed by atoms with E-state index in [2.05, 4.69) is 155 Å². The number of nitrogens with zero attached hydrogens (tertiary/aromatic N) is 4. The zero-order valence-corrected chi connectivity index (χ0v) is 23.9. The van der Waals surface area contributed by atoms with E-state index in [1.165, 1.54) is 32.6 Å². The van der Waals surface area contributed by atoms with Gasteiger partial charge >= 0.3 is 0 Å². The number of aromatic nitrogens is 4. The van der Waals surface area contributed by atoms with Gasteiger partial charge in [-0.3, -0.25) is 0 Å². The number of para-hydroxylation sites is 5. The lowest BCUT2D eigenvalue weighted by Crippen LogP contribution is -1.94. The van der Waals surface area contributed by atoms with Crippen molar-refractivity contribution in [2.45, 2.75) is 0 Å². The molecule has 0 radical (unpaired) electrons. The molecular weight excluding hydrogens is 545 g/mol. The molecule has 4 nitrogen and oxygen atoms in total. The molecule has 0 fully saturated rings. The fraction of sp³-hybridized carbons (Fsp3) is 0. The molecule has 0 saturated carbocycles. The molecule has 202 valence electrons. The highest BCUT2D eigenvalue weighted by Crippen LogP contribution is 2.43. The standard InChI is InChI=1S/C38H24N4S/c1-3-13-25(14-4-1)41-33-23-10-8-18-29(33)35-30(20-12-24-34(35)41)37-39-40-38(43-37)31-21-11-19-28-27-17-7-9-22-32(27)42(36(28)31)26-15-5-2-6-16-26/h1-24H. The van der Waals surface area contributed by atoms with E-state index in [1.54, 1.807) is 11.3 Å². The summed E-state index contributed by atoms with van der Waals surface area (Å²) in [6.07, 6.45) is 0. The molecule has 9 aromatic rings. The number of fused-ring (bicyclic) bond motifs is 6. The molecular formula is C38H24N4S. The van der Waals surface area contributed by atoms with E-state index in [-0.39, 0.29) is 0 Å². The van der Waals surface area contributed by atoms with Crippen molar-refractivity contribution in [3.63, 3.8) is 0 Å². The van der Waals surface area contributed by atoms with Gasteiger partial charge in [0.05, 0.1) is 22.1 Å². The van der Waals surface area contributed by atoms with Gasteiger partial charge in [-0.2, -0.15) is 0 Å². The average molecular weight is 569 g/mol. The van der Waals surface area contributed by atoms with Crippen LogP contribution in [0.5, 0.6) is 0 Å². The first kappa shape index (κ1) is 24.1. The summed E-state index contributed by atoms with van der Waals surface area (Å²) >= 11 is 1.65. The van der Waals surface area contributed by atoms with Crippen molar-refractivity contribution in [2.24, 2.45) is 0 Å². The maximum Gasteiger partial charge on any atom is 0.150 e. The van der Waals surface area contributed by atoms with Gasteiger partial charge in [-0.05, 0) is 48.5 Å². The predicted octanol–water partition coefficient (Wildman–Crippen LogP) is 10.1. The fourth-order valence-electron chi connectivity index (χ4n) is 6.53. The van der Waals surface area contributed by atoms with Crippen LogP contribution in [0, 0.1) is 0 Å². The first-order chi connectivity index (χ1) is 21.4. The van der Waals surface area contributed by atoms with Gasteiger partial charge in [0.25, 0.3) is 0 Å². The van der Waals surface area contributed by atoms with Gasteiger partial charge in [0.1, 0.15) is 10.0 Å². The normalized spacial score (nSPS) is 11.7. The number of hydrogen-bond donors (Lipinski definition) is 0. The van der Waals surface area contributed by atoms with E-state index in [0.29, 0.717) is 0 Å². The molecule has 3 aromatic heterocycles. The van der Waals surface area contributed by atoms with Crippen molar-refractivity contribution in [1.29, 1.82) is 0 Å². The lowest BCUT2D eigenvalue weighted by Gasteiger charge is -2.09. The summed E-state index contributed by atoms with van der Waals surface area (Å²) in [4.78, 5) is 0. The molecule has 0 aliphatic rings. The molecule has 0 aliphatic heterocycles. The van der Waals surface area contributed by atoms with E-state index in [0.717, 1.165) is 43.6 Å². The molecule has 0 atom stereocenters. The van der Waals surface area contributed by atoms with Gasteiger partial charge in [-0.25, -0.2) is 0 Å². The van der Waals surface area contributed by atoms with Crippen LogP contribution in [0.15, 0.2) is 146 Å². The third-order valence-corrected chi connectivity index (χ3v) is 9.30. The Balaban J connectivity index is 1.29. The van der Waals surface area contributed by atoms with E-state index >= 15 is 0 Å². The molecule has 3 heterocycles. The van der Waals surface area contributed by atoms with Crippen molar-refractivity contribution in [2.75, 3.05) is 0 Å². The lowest BCUT2D eigenvalue weighted by molar-refractivity contribution is 1.10. The number of benzene rings is 6. The SMILES string of the molecule is c1ccc(-n2c3ccccc3c3c(-c4nnc(-c5cccc6c7ccccc7n(-c7ccccc7)c56)s4)cccc32)cc1. The maximum atomic E-state index is 4.82. The highest BCUT2D eigenvalue weighted by atomic mass is 32.1. The summed E-state index contributed by atoms with van der Waals surface area (Å²) in [5.74, 6) is 0. The quantitative estimate of drug-likeness (QED) is 0.212. The molecule has 0 amide bonds. The zero-order chi connectivity index (χ0) is 28.3. The van der Waals surface area contributed by atoms with Crippen molar-refractivity contribution >= 4 is 54.9 Å². The Morgan fingerprint density at radius 1 is 0.395 bits per heavy atom. The van der Waals surface area contributed by atoms with Gasteiger partial charge in [-0.15, -0.1) is 10.2 Å². The van der Waals surface area contributed by atoms with Crippen molar-refractivity contribution in [1.82, 2.24) is 19.3 Å². The maximum absolute atomic E-state index is 4.82. The van der Waals surface area contributed by atoms with Gasteiger partial charge in [0.2, 0.25) is 0 Å². The smallest absolute Gasteiger partial charge is 0.150 e. The van der Waals surface area contributed by atoms with Crippen molar-refractivity contribution in [3.8, 4) is 32.5 Å². The summed E-state index contributed by atoms with van der Waals surface area (Å²) in [6.45, 7) is 0. The van der Waals surface area contributed by atoms with Crippen LogP contribution in [0.4, 0.5) is 0 Å². The Bertz CT molecular complexity index is 2450. The van der Waals surface area contributed by atoms with Crippen LogP contribution in [0.1, 0.15) is 0 Å². The largest absolute Gasteiger partial charge is 0.309 e. The Morgan fingerprint density at radius 2 is 0.907 bits per heavy atom. The summed E-state index contributed by atoms with van der Waals surface area (Å²) in [5.41, 5.74) is 9.12. The van der Waals surface area contributed by atoms with Crippen molar-refractivity contribution in [3.05, 3.63) is 146 Å². The average Bonchev–Trinajstić information content (AvgIpc) is 3.78. The second-order valence-electron chi connectivity index (χ2n) is 10.7. The van der Waals surface area contributed by atoms with E-state index in [1.807, 2.05) is 0 Å². The molecule has 0 spiro atoms. The second-order valence-corrected chi connectivity index (χ2v) is 11.7. The topological polar surface area (TPSA) is 35.6 Å². The van der Waals surface area contributed by atoms with Crippen LogP contribution in [0.3, 0.4) is 0 Å². The van der Waals surface area contributed by atoms with E-state index < -0.39 is 0 Å². The minimum Gasteiger partial charge on any atom is -0.309 e. The molecule has 9 rings (SSSR count). The molecule has 5 heteroatoms. The molecule has 0 aliphatic carbocycles. The van der Waals surface area contributed by atoms with Crippen LogP contribution in [0.2, 0.25) is 0 Å². The van der Waals surface area contributed by atoms with Crippen LogP contribution >= 0.6 is 11.3 Å². The third-order valence-electron chi connectivity index (χ3n) is 8.31. The molecule has 0 saturated heterocycles. The second kappa shape index (κ2) is 9.51. The van der Waals surface area contributed by atoms with Gasteiger partial charge < -0.3 is 9.13 Å². The van der Waals surface area contributed by atoms with Crippen LogP contribution in [-0.4, -0.2) is 19.3 Å². The first-order valence-electron chi connectivity index (χ1n) is 14.4. The summed E-state index contributed by atoms with van der Waals surface area (Å²) < 4.78 is 4.70. The summed E-state index contributed by atoms with van der Waals surface area (Å²) in [7, 11) is 0. The van der Waals surface area contributed by atoms with Gasteiger partial charge in [0.15, 0.2) is 0 Å². The van der Waals surface area contributed by atoms with Crippen molar-refractivity contribution < 1.29 is 0 Å². The predicted molar refractivity (Wildman–Crippen MR) is 179 cm³/mol. The minimum absolute atomic E-state index is 0.907. The number of hydrogen-bond acceptors (Lipinski definition) is 3. The Labute approximate surface area is 251 Å². The molecule has 6 aromatic carbocycles. The third kappa shape index (κ3) is 3.62. The highest BCUT2D eigenvalue weighted by Gasteiger charge is 2.21. The summed E-state index contributed by atoms with van der Waals surface area (Å²) in [6, 6.07) is 51.4. The van der Waals surface area contributed by atoms with Gasteiger partial charge in [0, 0.05) is 44.0 Å². The highest BCUT2D eigenvalue weighted by molar-refractivity contribution is 7.18. The minimum atomic E-state index is 0.907. The zero-order valence-electron chi connectivity index (χ0n) is 23.1. The molecule has 0 N–H and O–H groups in total. The Kier molecular flexibility index (Phi) is 5.33. The molecule has 0 bridgehead atoms. The monoisotopic (exact) mass is 568 g/mol. The van der Waals surface area contributed by atoms with Crippen LogP contribution in [-0.2, 0) is 0 Å². The molecule has 0 unspecified atom stereocenters. The van der Waals surface area contributed by atoms with E-state index in [9.17, 15) is 0 Å². The molecule has 43 heavy (non-hydrogen) atoms. The lowest BCUT2D eigenvalue weighted by atomic mass is 10.1. The van der Waals surface area contributed by atoms with Gasteiger partial charge in [-0.1, -0.05) is 108 Å². The fourth-order valence-corrected chi connectivity index (χ4v) is 7.43.